The van der Waals surface area contributed by atoms with Crippen LogP contribution in [0.5, 0.6) is 0 Å². The minimum absolute atomic E-state index is 0.177. The number of aryl methyl sites for hydroxylation is 2. The number of rotatable bonds is 7. The van der Waals surface area contributed by atoms with Gasteiger partial charge in [0.2, 0.25) is 5.91 Å². The van der Waals surface area contributed by atoms with Crippen LogP contribution in [0.1, 0.15) is 17.0 Å². The van der Waals surface area contributed by atoms with Gasteiger partial charge in [-0.05, 0) is 13.8 Å². The molecule has 106 valence electrons. The minimum Gasteiger partial charge on any atom is -0.479 e. The molecule has 1 aromatic rings. The van der Waals surface area contributed by atoms with Crippen LogP contribution in [0, 0.1) is 13.8 Å². The fourth-order valence-electron chi connectivity index (χ4n) is 1.30. The van der Waals surface area contributed by atoms with Crippen molar-refractivity contribution < 1.29 is 24.3 Å². The maximum atomic E-state index is 11.4. The molecule has 0 bridgehead atoms. The van der Waals surface area contributed by atoms with Crippen molar-refractivity contribution in [2.24, 2.45) is 0 Å². The monoisotopic (exact) mass is 288 g/mol. The van der Waals surface area contributed by atoms with E-state index in [9.17, 15) is 9.59 Å². The van der Waals surface area contributed by atoms with Crippen molar-refractivity contribution >= 4 is 23.6 Å². The van der Waals surface area contributed by atoms with Gasteiger partial charge >= 0.3 is 5.97 Å². The average molecular weight is 288 g/mol. The smallest absolute Gasteiger partial charge is 0.334 e. The summed E-state index contributed by atoms with van der Waals surface area (Å²) in [5.74, 6) is -0.181. The van der Waals surface area contributed by atoms with E-state index in [2.05, 4.69) is 10.5 Å². The lowest BCUT2D eigenvalue weighted by molar-refractivity contribution is -0.146. The largest absolute Gasteiger partial charge is 0.479 e. The summed E-state index contributed by atoms with van der Waals surface area (Å²) in [5, 5.41) is 23.6. The summed E-state index contributed by atoms with van der Waals surface area (Å²) >= 11 is 1.37. The van der Waals surface area contributed by atoms with Crippen LogP contribution >= 0.6 is 11.8 Å². The van der Waals surface area contributed by atoms with Crippen molar-refractivity contribution in [2.45, 2.75) is 25.7 Å². The molecule has 3 N–H and O–H groups in total. The molecule has 0 spiro atoms. The quantitative estimate of drug-likeness (QED) is 0.651. The van der Waals surface area contributed by atoms with Gasteiger partial charge in [-0.2, -0.15) is 0 Å². The van der Waals surface area contributed by atoms with Crippen molar-refractivity contribution in [3.8, 4) is 0 Å². The summed E-state index contributed by atoms with van der Waals surface area (Å²) in [6.07, 6.45) is -1.57. The molecule has 0 radical (unpaired) electrons. The molecular weight excluding hydrogens is 272 g/mol. The zero-order valence-corrected chi connectivity index (χ0v) is 11.5. The van der Waals surface area contributed by atoms with Crippen LogP contribution in [0.4, 0.5) is 0 Å². The van der Waals surface area contributed by atoms with Crippen LogP contribution in [0.15, 0.2) is 4.52 Å². The third-order valence-electron chi connectivity index (χ3n) is 2.44. The van der Waals surface area contributed by atoms with E-state index in [1.807, 2.05) is 6.92 Å². The van der Waals surface area contributed by atoms with Crippen LogP contribution in [-0.2, 0) is 15.3 Å². The van der Waals surface area contributed by atoms with Gasteiger partial charge in [0.15, 0.2) is 6.10 Å². The molecule has 8 heteroatoms. The van der Waals surface area contributed by atoms with Gasteiger partial charge in [0.25, 0.3) is 0 Å². The van der Waals surface area contributed by atoms with Crippen LogP contribution in [0.25, 0.3) is 0 Å². The fourth-order valence-corrected chi connectivity index (χ4v) is 2.31. The Labute approximate surface area is 114 Å². The third-order valence-corrected chi connectivity index (χ3v) is 3.40. The molecule has 0 saturated heterocycles. The van der Waals surface area contributed by atoms with Crippen molar-refractivity contribution in [2.75, 3.05) is 12.3 Å². The van der Waals surface area contributed by atoms with Crippen LogP contribution in [-0.4, -0.2) is 45.6 Å². The molecule has 0 aliphatic rings. The summed E-state index contributed by atoms with van der Waals surface area (Å²) in [7, 11) is 0. The van der Waals surface area contributed by atoms with Gasteiger partial charge in [0.1, 0.15) is 5.76 Å². The number of carboxylic acid groups (broad SMARTS) is 1. The molecule has 1 atom stereocenters. The number of aromatic nitrogens is 1. The van der Waals surface area contributed by atoms with Crippen molar-refractivity contribution in [1.29, 1.82) is 0 Å². The second kappa shape index (κ2) is 7.15. The second-order valence-electron chi connectivity index (χ2n) is 3.95. The molecule has 1 amide bonds. The number of aliphatic hydroxyl groups is 1. The standard InChI is InChI=1S/C11H16N2O5S/c1-6-8(7(2)18-13-6)4-19-5-10(15)12-3-9(14)11(16)17/h9,14H,3-5H2,1-2H3,(H,12,15)(H,16,17)/t9-/m0/s1. The Hall–Kier alpha value is -1.54. The lowest BCUT2D eigenvalue weighted by atomic mass is 10.2. The Morgan fingerprint density at radius 1 is 1.47 bits per heavy atom. The molecule has 0 aliphatic carbocycles. The first-order valence-electron chi connectivity index (χ1n) is 5.59. The summed E-state index contributed by atoms with van der Waals surface area (Å²) in [6, 6.07) is 0. The van der Waals surface area contributed by atoms with Crippen molar-refractivity contribution in [1.82, 2.24) is 10.5 Å². The topological polar surface area (TPSA) is 113 Å². The van der Waals surface area contributed by atoms with Gasteiger partial charge in [0.05, 0.1) is 18.0 Å². The van der Waals surface area contributed by atoms with E-state index in [4.69, 9.17) is 14.7 Å². The molecule has 7 nitrogen and oxygen atoms in total. The highest BCUT2D eigenvalue weighted by Gasteiger charge is 2.14. The summed E-state index contributed by atoms with van der Waals surface area (Å²) < 4.78 is 5.00. The predicted molar refractivity (Wildman–Crippen MR) is 68.8 cm³/mol. The van der Waals surface area contributed by atoms with Crippen molar-refractivity contribution in [3.63, 3.8) is 0 Å². The molecule has 19 heavy (non-hydrogen) atoms. The highest BCUT2D eigenvalue weighted by atomic mass is 32.2. The number of amides is 1. The predicted octanol–water partition coefficient (Wildman–Crippen LogP) is 0.0863. The number of carbonyl (C=O) groups is 2. The van der Waals surface area contributed by atoms with E-state index in [0.29, 0.717) is 5.75 Å². The van der Waals surface area contributed by atoms with Gasteiger partial charge in [-0.3, -0.25) is 4.79 Å². The number of nitrogens with zero attached hydrogens (tertiary/aromatic N) is 1. The first kappa shape index (κ1) is 15.5. The number of carboxylic acids is 1. The van der Waals surface area contributed by atoms with E-state index in [0.717, 1.165) is 17.0 Å². The lowest BCUT2D eigenvalue weighted by Gasteiger charge is -2.07. The summed E-state index contributed by atoms with van der Waals surface area (Å²) in [6.45, 7) is 3.34. The third kappa shape index (κ3) is 4.92. The van der Waals surface area contributed by atoms with Crippen molar-refractivity contribution in [3.05, 3.63) is 17.0 Å². The number of hydrogen-bond donors (Lipinski definition) is 3. The molecule has 1 heterocycles. The van der Waals surface area contributed by atoms with Crippen LogP contribution in [0.3, 0.4) is 0 Å². The molecule has 0 fully saturated rings. The Balaban J connectivity index is 2.26. The first-order valence-corrected chi connectivity index (χ1v) is 6.74. The van der Waals surface area contributed by atoms with Gasteiger partial charge in [-0.25, -0.2) is 4.79 Å². The van der Waals surface area contributed by atoms with E-state index in [-0.39, 0.29) is 18.2 Å². The van der Waals surface area contributed by atoms with Gasteiger partial charge in [-0.1, -0.05) is 5.16 Å². The summed E-state index contributed by atoms with van der Waals surface area (Å²) in [4.78, 5) is 21.7. The van der Waals surface area contributed by atoms with Crippen LogP contribution < -0.4 is 5.32 Å². The zero-order valence-electron chi connectivity index (χ0n) is 10.7. The molecule has 1 rings (SSSR count). The fraction of sp³-hybridized carbons (Fsp3) is 0.545. The number of carbonyl (C=O) groups excluding carboxylic acids is 1. The normalized spacial score (nSPS) is 12.2. The Morgan fingerprint density at radius 2 is 2.16 bits per heavy atom. The molecular formula is C11H16N2O5S. The molecule has 0 saturated carbocycles. The maximum Gasteiger partial charge on any atom is 0.334 e. The SMILES string of the molecule is Cc1noc(C)c1CSCC(=O)NC[C@H](O)C(=O)O. The number of nitrogens with one attached hydrogen (secondary N) is 1. The van der Waals surface area contributed by atoms with Gasteiger partial charge in [0, 0.05) is 11.3 Å². The lowest BCUT2D eigenvalue weighted by Crippen LogP contribution is -2.37. The number of thioether (sulfide) groups is 1. The molecule has 0 aliphatic heterocycles. The average Bonchev–Trinajstić information content (AvgIpc) is 2.67. The van der Waals surface area contributed by atoms with Gasteiger partial charge in [-0.15, -0.1) is 11.8 Å². The summed E-state index contributed by atoms with van der Waals surface area (Å²) in [5.41, 5.74) is 1.76. The van der Waals surface area contributed by atoms with Crippen LogP contribution in [0.2, 0.25) is 0 Å². The van der Waals surface area contributed by atoms with Gasteiger partial charge < -0.3 is 20.1 Å². The second-order valence-corrected chi connectivity index (χ2v) is 4.94. The highest BCUT2D eigenvalue weighted by Crippen LogP contribution is 2.19. The number of aliphatic carboxylic acids is 1. The molecule has 0 aromatic carbocycles. The highest BCUT2D eigenvalue weighted by molar-refractivity contribution is 7.99. The maximum absolute atomic E-state index is 11.4. The molecule has 0 unspecified atom stereocenters. The Kier molecular flexibility index (Phi) is 5.84. The Bertz CT molecular complexity index is 440. The van der Waals surface area contributed by atoms with E-state index in [1.54, 1.807) is 6.92 Å². The van der Waals surface area contributed by atoms with E-state index >= 15 is 0 Å². The van der Waals surface area contributed by atoms with E-state index in [1.165, 1.54) is 11.8 Å². The first-order chi connectivity index (χ1) is 8.91. The number of hydrogen-bond acceptors (Lipinski definition) is 6. The minimum atomic E-state index is -1.57. The Morgan fingerprint density at radius 3 is 2.68 bits per heavy atom. The zero-order chi connectivity index (χ0) is 14.4. The number of aliphatic hydroxyl groups excluding tert-OH is 1. The molecule has 1 aromatic heterocycles. The van der Waals surface area contributed by atoms with E-state index < -0.39 is 12.1 Å².